The summed E-state index contributed by atoms with van der Waals surface area (Å²) in [4.78, 5) is 27.6. The molecular weight excluding hydrogens is 484 g/mol. The Morgan fingerprint density at radius 3 is 2.22 bits per heavy atom. The maximum Gasteiger partial charge on any atom is 0.264 e. The van der Waals surface area contributed by atoms with Gasteiger partial charge in [0.05, 0.1) is 20.5 Å². The van der Waals surface area contributed by atoms with Gasteiger partial charge in [0, 0.05) is 48.7 Å². The number of carbonyl (C=O) groups excluding carboxylic acids is 2. The molecule has 1 saturated heterocycles. The summed E-state index contributed by atoms with van der Waals surface area (Å²) in [6, 6.07) is 9.40. The summed E-state index contributed by atoms with van der Waals surface area (Å²) in [6.07, 6.45) is 2.05. The number of rotatable bonds is 8. The highest BCUT2D eigenvalue weighted by Gasteiger charge is 2.31. The lowest BCUT2D eigenvalue weighted by atomic mass is 9.85. The zero-order valence-electron chi connectivity index (χ0n) is 21.3. The van der Waals surface area contributed by atoms with Crippen LogP contribution in [-0.4, -0.2) is 63.8 Å². The largest absolute Gasteiger partial charge is 0.507 e. The minimum absolute atomic E-state index is 0.0467. The Bertz CT molecular complexity index is 1200. The molecule has 0 bridgehead atoms. The van der Waals surface area contributed by atoms with Crippen molar-refractivity contribution >= 4 is 21.8 Å². The average molecular weight is 519 g/mol. The Kier molecular flexibility index (Phi) is 8.50. The molecule has 9 nitrogen and oxygen atoms in total. The van der Waals surface area contributed by atoms with E-state index >= 15 is 0 Å². The van der Waals surface area contributed by atoms with Gasteiger partial charge in [0.1, 0.15) is 17.2 Å². The zero-order chi connectivity index (χ0) is 26.6. The molecule has 0 saturated carbocycles. The van der Waals surface area contributed by atoms with Gasteiger partial charge in [-0.2, -0.15) is 0 Å². The maximum atomic E-state index is 13.5. The van der Waals surface area contributed by atoms with Crippen LogP contribution >= 0.6 is 0 Å². The van der Waals surface area contributed by atoms with Gasteiger partial charge in [0.2, 0.25) is 15.9 Å². The lowest BCUT2D eigenvalue weighted by Crippen LogP contribution is -2.43. The van der Waals surface area contributed by atoms with Crippen LogP contribution in [0.3, 0.4) is 0 Å². The zero-order valence-corrected chi connectivity index (χ0v) is 22.1. The van der Waals surface area contributed by atoms with Crippen LogP contribution in [0.4, 0.5) is 0 Å². The molecule has 36 heavy (non-hydrogen) atoms. The van der Waals surface area contributed by atoms with E-state index < -0.39 is 21.8 Å². The van der Waals surface area contributed by atoms with Crippen molar-refractivity contribution in [3.63, 3.8) is 0 Å². The normalized spacial score (nSPS) is 18.9. The third-order valence-electron chi connectivity index (χ3n) is 6.35. The second-order valence-electron chi connectivity index (χ2n) is 9.59. The Labute approximate surface area is 212 Å². The molecule has 2 aromatic rings. The van der Waals surface area contributed by atoms with E-state index in [4.69, 9.17) is 9.47 Å². The number of aromatic hydroxyl groups is 1. The van der Waals surface area contributed by atoms with E-state index in [-0.39, 0.29) is 23.6 Å². The van der Waals surface area contributed by atoms with Gasteiger partial charge >= 0.3 is 0 Å². The van der Waals surface area contributed by atoms with Crippen molar-refractivity contribution in [1.82, 2.24) is 9.62 Å². The standard InChI is InChI=1S/C26H34N2O7S/c1-16-10-17(2)15-28(14-16)24(30)13-21(25-22(29)11-20(34-3)12-23(25)35-4)18-6-8-19(9-7-18)26(31)27-36(5,32)33/h6-9,11-12,16-17,21,29H,10,13-15H2,1-5H3,(H,27,31)/t16-,17?,21-/m1/s1. The van der Waals surface area contributed by atoms with Crippen molar-refractivity contribution in [2.75, 3.05) is 33.6 Å². The quantitative estimate of drug-likeness (QED) is 0.551. The summed E-state index contributed by atoms with van der Waals surface area (Å²) in [5.74, 6) is 0.0996. The minimum atomic E-state index is -3.71. The maximum absolute atomic E-state index is 13.5. The number of nitrogens with one attached hydrogen (secondary N) is 1. The first-order chi connectivity index (χ1) is 16.9. The van der Waals surface area contributed by atoms with Gasteiger partial charge in [-0.1, -0.05) is 26.0 Å². The van der Waals surface area contributed by atoms with Gasteiger partial charge in [0.15, 0.2) is 0 Å². The van der Waals surface area contributed by atoms with E-state index in [2.05, 4.69) is 13.8 Å². The first kappa shape index (κ1) is 27.3. The molecule has 1 aliphatic heterocycles. The number of amides is 2. The van der Waals surface area contributed by atoms with Gasteiger partial charge < -0.3 is 19.5 Å². The van der Waals surface area contributed by atoms with Crippen LogP contribution in [0.5, 0.6) is 17.2 Å². The lowest BCUT2D eigenvalue weighted by molar-refractivity contribution is -0.134. The van der Waals surface area contributed by atoms with E-state index in [0.29, 0.717) is 47.6 Å². The second kappa shape index (κ2) is 11.2. The number of likely N-dealkylation sites (tertiary alicyclic amines) is 1. The van der Waals surface area contributed by atoms with Crippen LogP contribution in [0.15, 0.2) is 36.4 Å². The minimum Gasteiger partial charge on any atom is -0.507 e. The van der Waals surface area contributed by atoms with Gasteiger partial charge in [0.25, 0.3) is 5.91 Å². The number of methoxy groups -OCH3 is 2. The van der Waals surface area contributed by atoms with Crippen molar-refractivity contribution in [2.24, 2.45) is 11.8 Å². The van der Waals surface area contributed by atoms with Crippen molar-refractivity contribution < 1.29 is 32.6 Å². The first-order valence-corrected chi connectivity index (χ1v) is 13.7. The third kappa shape index (κ3) is 6.69. The molecular formula is C26H34N2O7S. The van der Waals surface area contributed by atoms with Crippen molar-refractivity contribution in [2.45, 2.75) is 32.6 Å². The van der Waals surface area contributed by atoms with E-state index in [1.165, 1.54) is 32.4 Å². The molecule has 0 spiro atoms. The van der Waals surface area contributed by atoms with Crippen LogP contribution in [0.1, 0.15) is 54.1 Å². The van der Waals surface area contributed by atoms with E-state index in [0.717, 1.165) is 12.7 Å². The summed E-state index contributed by atoms with van der Waals surface area (Å²) in [6.45, 7) is 5.61. The lowest BCUT2D eigenvalue weighted by Gasteiger charge is -2.36. The van der Waals surface area contributed by atoms with Crippen LogP contribution < -0.4 is 14.2 Å². The first-order valence-electron chi connectivity index (χ1n) is 11.8. The highest BCUT2D eigenvalue weighted by atomic mass is 32.2. The van der Waals surface area contributed by atoms with Crippen molar-refractivity contribution in [1.29, 1.82) is 0 Å². The predicted molar refractivity (Wildman–Crippen MR) is 136 cm³/mol. The number of hydrogen-bond acceptors (Lipinski definition) is 7. The topological polar surface area (TPSA) is 122 Å². The number of benzene rings is 2. The smallest absolute Gasteiger partial charge is 0.264 e. The number of hydrogen-bond donors (Lipinski definition) is 2. The molecule has 0 aromatic heterocycles. The number of phenolic OH excluding ortho intramolecular Hbond substituents is 1. The van der Waals surface area contributed by atoms with Crippen LogP contribution in [0, 0.1) is 11.8 Å². The molecule has 2 amide bonds. The predicted octanol–water partition coefficient (Wildman–Crippen LogP) is 3.13. The van der Waals surface area contributed by atoms with Gasteiger partial charge in [-0.15, -0.1) is 0 Å². The summed E-state index contributed by atoms with van der Waals surface area (Å²) in [5.41, 5.74) is 1.24. The van der Waals surface area contributed by atoms with E-state index in [9.17, 15) is 23.1 Å². The second-order valence-corrected chi connectivity index (χ2v) is 11.3. The SMILES string of the molecule is COc1cc(O)c([C@H](CC(=O)N2CC(C)C[C@@H](C)C2)c2ccc(C(=O)NS(C)(=O)=O)cc2)c(OC)c1. The van der Waals surface area contributed by atoms with E-state index in [1.807, 2.05) is 9.62 Å². The van der Waals surface area contributed by atoms with Gasteiger partial charge in [-0.3, -0.25) is 9.59 Å². The molecule has 0 aliphatic carbocycles. The number of sulfonamides is 1. The van der Waals surface area contributed by atoms with E-state index in [1.54, 1.807) is 18.2 Å². The summed E-state index contributed by atoms with van der Waals surface area (Å²) < 4.78 is 35.6. The Hall–Kier alpha value is -3.27. The Morgan fingerprint density at radius 1 is 1.08 bits per heavy atom. The average Bonchev–Trinajstić information content (AvgIpc) is 2.80. The molecule has 1 fully saturated rings. The van der Waals surface area contributed by atoms with Gasteiger partial charge in [-0.25, -0.2) is 13.1 Å². The van der Waals surface area contributed by atoms with Crippen molar-refractivity contribution in [3.05, 3.63) is 53.1 Å². The van der Waals surface area contributed by atoms with Gasteiger partial charge in [-0.05, 0) is 36.0 Å². The van der Waals surface area contributed by atoms with Crippen LogP contribution in [0.2, 0.25) is 0 Å². The molecule has 10 heteroatoms. The number of ether oxygens (including phenoxy) is 2. The van der Waals surface area contributed by atoms with Crippen LogP contribution in [-0.2, 0) is 14.8 Å². The molecule has 0 radical (unpaired) electrons. The number of nitrogens with zero attached hydrogens (tertiary/aromatic N) is 1. The van der Waals surface area contributed by atoms with Crippen molar-refractivity contribution in [3.8, 4) is 17.2 Å². The number of phenols is 1. The summed E-state index contributed by atoms with van der Waals surface area (Å²) in [5, 5.41) is 10.9. The van der Waals surface area contributed by atoms with Crippen LogP contribution in [0.25, 0.3) is 0 Å². The molecule has 2 N–H and O–H groups in total. The molecule has 196 valence electrons. The number of carbonyl (C=O) groups is 2. The highest BCUT2D eigenvalue weighted by Crippen LogP contribution is 2.43. The molecule has 3 atom stereocenters. The molecule has 3 rings (SSSR count). The third-order valence-corrected chi connectivity index (χ3v) is 6.91. The molecule has 1 aliphatic rings. The fourth-order valence-corrected chi connectivity index (χ4v) is 5.33. The monoisotopic (exact) mass is 518 g/mol. The fraction of sp³-hybridized carbons (Fsp3) is 0.462. The molecule has 1 unspecified atom stereocenters. The summed E-state index contributed by atoms with van der Waals surface area (Å²) >= 11 is 0. The fourth-order valence-electron chi connectivity index (χ4n) is 4.88. The Morgan fingerprint density at radius 2 is 1.69 bits per heavy atom. The number of piperidine rings is 1. The highest BCUT2D eigenvalue weighted by molar-refractivity contribution is 7.89. The molecule has 2 aromatic carbocycles. The molecule has 1 heterocycles. The summed E-state index contributed by atoms with van der Waals surface area (Å²) in [7, 11) is -0.755. The Balaban J connectivity index is 2.01.